The number of amides is 3. The van der Waals surface area contributed by atoms with E-state index in [1.165, 1.54) is 6.07 Å². The zero-order valence-electron chi connectivity index (χ0n) is 13.9. The summed E-state index contributed by atoms with van der Waals surface area (Å²) in [4.78, 5) is 38.1. The fraction of sp³-hybridized carbons (Fsp3) is 0.211. The summed E-state index contributed by atoms with van der Waals surface area (Å²) in [7, 11) is 0. The molecule has 0 saturated carbocycles. The van der Waals surface area contributed by atoms with Crippen LogP contribution < -0.4 is 5.32 Å². The maximum absolute atomic E-state index is 12.4. The second-order valence-electron chi connectivity index (χ2n) is 6.15. The van der Waals surface area contributed by atoms with Gasteiger partial charge in [-0.05, 0) is 29.7 Å². The Morgan fingerprint density at radius 2 is 1.80 bits per heavy atom. The Kier molecular flexibility index (Phi) is 4.59. The number of fused-ring (bicyclic) bond motifs is 1. The van der Waals surface area contributed by atoms with E-state index in [0.29, 0.717) is 5.69 Å². The molecule has 1 heterocycles. The van der Waals surface area contributed by atoms with E-state index in [1.807, 2.05) is 32.0 Å². The predicted octanol–water partition coefficient (Wildman–Crippen LogP) is 3.70. The van der Waals surface area contributed by atoms with Crippen LogP contribution in [0.25, 0.3) is 0 Å². The standard InChI is InChI=1S/C19H17ClN2O3/c1-11(2)12-6-3-4-9-15(12)21-16(23)10-22-18(24)13-7-5-8-14(20)17(13)19(22)25/h3-9,11H,10H2,1-2H3,(H,21,23). The molecule has 0 saturated heterocycles. The fourth-order valence-corrected chi connectivity index (χ4v) is 3.14. The number of rotatable bonds is 4. The zero-order chi connectivity index (χ0) is 18.1. The zero-order valence-corrected chi connectivity index (χ0v) is 14.6. The average molecular weight is 357 g/mol. The van der Waals surface area contributed by atoms with Gasteiger partial charge in [-0.15, -0.1) is 0 Å². The third kappa shape index (κ3) is 3.15. The van der Waals surface area contributed by atoms with E-state index < -0.39 is 17.7 Å². The highest BCUT2D eigenvalue weighted by Gasteiger charge is 2.38. The summed E-state index contributed by atoms with van der Waals surface area (Å²) in [6.45, 7) is 3.70. The highest BCUT2D eigenvalue weighted by Crippen LogP contribution is 2.29. The van der Waals surface area contributed by atoms with Crippen molar-refractivity contribution >= 4 is 35.0 Å². The highest BCUT2D eigenvalue weighted by molar-refractivity contribution is 6.37. The summed E-state index contributed by atoms with van der Waals surface area (Å²) in [6, 6.07) is 12.1. The molecule has 5 nitrogen and oxygen atoms in total. The highest BCUT2D eigenvalue weighted by atomic mass is 35.5. The van der Waals surface area contributed by atoms with Crippen molar-refractivity contribution in [1.29, 1.82) is 0 Å². The van der Waals surface area contributed by atoms with Gasteiger partial charge in [0.25, 0.3) is 11.8 Å². The molecule has 2 aromatic carbocycles. The molecule has 0 aliphatic carbocycles. The number of para-hydroxylation sites is 1. The van der Waals surface area contributed by atoms with Crippen molar-refractivity contribution in [2.45, 2.75) is 19.8 Å². The van der Waals surface area contributed by atoms with Crippen molar-refractivity contribution in [3.05, 3.63) is 64.2 Å². The minimum Gasteiger partial charge on any atom is -0.324 e. The lowest BCUT2D eigenvalue weighted by Crippen LogP contribution is -2.37. The van der Waals surface area contributed by atoms with Crippen LogP contribution in [0.15, 0.2) is 42.5 Å². The first-order valence-corrected chi connectivity index (χ1v) is 8.31. The molecular weight excluding hydrogens is 340 g/mol. The molecule has 3 amide bonds. The van der Waals surface area contributed by atoms with Crippen LogP contribution in [0.3, 0.4) is 0 Å². The Bertz CT molecular complexity index is 877. The van der Waals surface area contributed by atoms with Crippen molar-refractivity contribution in [2.75, 3.05) is 11.9 Å². The molecule has 2 aromatic rings. The minimum atomic E-state index is -0.544. The maximum Gasteiger partial charge on any atom is 0.263 e. The van der Waals surface area contributed by atoms with Gasteiger partial charge in [0.15, 0.2) is 0 Å². The van der Waals surface area contributed by atoms with Gasteiger partial charge < -0.3 is 5.32 Å². The molecule has 0 aromatic heterocycles. The number of nitrogens with one attached hydrogen (secondary N) is 1. The van der Waals surface area contributed by atoms with E-state index >= 15 is 0 Å². The summed E-state index contributed by atoms with van der Waals surface area (Å²) in [5, 5.41) is 3.00. The third-order valence-corrected chi connectivity index (χ3v) is 4.42. The average Bonchev–Trinajstić information content (AvgIpc) is 2.81. The van der Waals surface area contributed by atoms with Crippen molar-refractivity contribution in [2.24, 2.45) is 0 Å². The van der Waals surface area contributed by atoms with Crippen LogP contribution in [0.4, 0.5) is 5.69 Å². The van der Waals surface area contributed by atoms with E-state index in [0.717, 1.165) is 10.5 Å². The Morgan fingerprint density at radius 3 is 2.48 bits per heavy atom. The van der Waals surface area contributed by atoms with Gasteiger partial charge in [0.05, 0.1) is 16.1 Å². The molecule has 0 spiro atoms. The lowest BCUT2D eigenvalue weighted by Gasteiger charge is -2.16. The second-order valence-corrected chi connectivity index (χ2v) is 6.56. The SMILES string of the molecule is CC(C)c1ccccc1NC(=O)CN1C(=O)c2cccc(Cl)c2C1=O. The van der Waals surface area contributed by atoms with Gasteiger partial charge in [-0.1, -0.05) is 49.7 Å². The first-order valence-electron chi connectivity index (χ1n) is 7.93. The molecule has 1 aliphatic rings. The summed E-state index contributed by atoms with van der Waals surface area (Å²) in [5.74, 6) is -1.25. The molecule has 0 atom stereocenters. The summed E-state index contributed by atoms with van der Waals surface area (Å²) in [5.41, 5.74) is 2.05. The molecule has 1 aliphatic heterocycles. The fourth-order valence-electron chi connectivity index (χ4n) is 2.88. The third-order valence-electron chi connectivity index (χ3n) is 4.11. The van der Waals surface area contributed by atoms with Gasteiger partial charge in [-0.2, -0.15) is 0 Å². The van der Waals surface area contributed by atoms with E-state index in [-0.39, 0.29) is 28.6 Å². The van der Waals surface area contributed by atoms with Gasteiger partial charge in [0.1, 0.15) is 6.54 Å². The molecule has 0 unspecified atom stereocenters. The lowest BCUT2D eigenvalue weighted by molar-refractivity contribution is -0.116. The number of benzene rings is 2. The number of hydrogen-bond donors (Lipinski definition) is 1. The maximum atomic E-state index is 12.4. The number of hydrogen-bond acceptors (Lipinski definition) is 3. The number of nitrogens with zero attached hydrogens (tertiary/aromatic N) is 1. The molecule has 25 heavy (non-hydrogen) atoms. The van der Waals surface area contributed by atoms with Crippen LogP contribution in [-0.4, -0.2) is 29.2 Å². The Morgan fingerprint density at radius 1 is 1.08 bits per heavy atom. The van der Waals surface area contributed by atoms with Crippen LogP contribution in [-0.2, 0) is 4.79 Å². The predicted molar refractivity (Wildman–Crippen MR) is 96.0 cm³/mol. The normalized spacial score (nSPS) is 13.4. The van der Waals surface area contributed by atoms with E-state index in [9.17, 15) is 14.4 Å². The Balaban J connectivity index is 1.78. The van der Waals surface area contributed by atoms with Gasteiger partial charge in [-0.3, -0.25) is 19.3 Å². The molecule has 0 fully saturated rings. The van der Waals surface area contributed by atoms with Gasteiger partial charge in [0, 0.05) is 5.69 Å². The van der Waals surface area contributed by atoms with Crippen LogP contribution in [0.2, 0.25) is 5.02 Å². The summed E-state index contributed by atoms with van der Waals surface area (Å²) < 4.78 is 0. The number of anilines is 1. The number of halogens is 1. The minimum absolute atomic E-state index is 0.157. The molecular formula is C19H17ClN2O3. The molecule has 1 N–H and O–H groups in total. The molecule has 3 rings (SSSR count). The first kappa shape index (κ1) is 17.2. The van der Waals surface area contributed by atoms with Crippen LogP contribution in [0.5, 0.6) is 0 Å². The first-order chi connectivity index (χ1) is 11.9. The van der Waals surface area contributed by atoms with Crippen molar-refractivity contribution in [3.8, 4) is 0 Å². The number of imide groups is 1. The summed E-state index contributed by atoms with van der Waals surface area (Å²) >= 11 is 6.02. The van der Waals surface area contributed by atoms with Crippen LogP contribution >= 0.6 is 11.6 Å². The van der Waals surface area contributed by atoms with Gasteiger partial charge in [0.2, 0.25) is 5.91 Å². The largest absolute Gasteiger partial charge is 0.324 e. The van der Waals surface area contributed by atoms with Gasteiger partial charge in [-0.25, -0.2) is 0 Å². The number of carbonyl (C=O) groups excluding carboxylic acids is 3. The second kappa shape index (κ2) is 6.69. The van der Waals surface area contributed by atoms with Crippen molar-refractivity contribution in [3.63, 3.8) is 0 Å². The Hall–Kier alpha value is -2.66. The molecule has 0 radical (unpaired) electrons. The Labute approximate surface area is 150 Å². The van der Waals surface area contributed by atoms with Crippen LogP contribution in [0, 0.1) is 0 Å². The topological polar surface area (TPSA) is 66.5 Å². The number of carbonyl (C=O) groups is 3. The van der Waals surface area contributed by atoms with E-state index in [2.05, 4.69) is 5.32 Å². The van der Waals surface area contributed by atoms with E-state index in [4.69, 9.17) is 11.6 Å². The van der Waals surface area contributed by atoms with Crippen molar-refractivity contribution < 1.29 is 14.4 Å². The molecule has 6 heteroatoms. The quantitative estimate of drug-likeness (QED) is 0.849. The lowest BCUT2D eigenvalue weighted by atomic mass is 10.0. The molecule has 128 valence electrons. The van der Waals surface area contributed by atoms with Crippen LogP contribution in [0.1, 0.15) is 46.0 Å². The van der Waals surface area contributed by atoms with Gasteiger partial charge >= 0.3 is 0 Å². The smallest absolute Gasteiger partial charge is 0.263 e. The monoisotopic (exact) mass is 356 g/mol. The molecule has 0 bridgehead atoms. The van der Waals surface area contributed by atoms with Crippen molar-refractivity contribution in [1.82, 2.24) is 4.90 Å². The van der Waals surface area contributed by atoms with E-state index in [1.54, 1.807) is 18.2 Å². The summed E-state index contributed by atoms with van der Waals surface area (Å²) in [6.07, 6.45) is 0.